The predicted octanol–water partition coefficient (Wildman–Crippen LogP) is 1.95. The second kappa shape index (κ2) is 7.38. The largest absolute Gasteiger partial charge is 0.378 e. The summed E-state index contributed by atoms with van der Waals surface area (Å²) in [6.07, 6.45) is 1.57. The summed E-state index contributed by atoms with van der Waals surface area (Å²) in [5.74, 6) is 1.77. The molecule has 0 radical (unpaired) electrons. The van der Waals surface area contributed by atoms with E-state index in [1.54, 1.807) is 13.3 Å². The summed E-state index contributed by atoms with van der Waals surface area (Å²) in [7, 11) is 4.04. The van der Waals surface area contributed by atoms with Crippen LogP contribution in [0.5, 0.6) is 0 Å². The van der Waals surface area contributed by atoms with Crippen LogP contribution in [-0.4, -0.2) is 61.0 Å². The molecule has 1 N–H and O–H groups in total. The number of nitrogens with zero attached hydrogens (tertiary/aromatic N) is 5. The molecule has 7 heteroatoms. The molecule has 7 nitrogen and oxygen atoms in total. The lowest BCUT2D eigenvalue weighted by molar-refractivity contribution is -0.129. The minimum Gasteiger partial charge on any atom is -0.378 e. The van der Waals surface area contributed by atoms with Crippen LogP contribution in [0, 0.1) is 0 Å². The minimum absolute atomic E-state index is 0.130. The van der Waals surface area contributed by atoms with Gasteiger partial charge in [0, 0.05) is 64.6 Å². The van der Waals surface area contributed by atoms with Gasteiger partial charge in [-0.15, -0.1) is 0 Å². The van der Waals surface area contributed by atoms with Crippen molar-refractivity contribution in [3.05, 3.63) is 36.7 Å². The third-order valence-electron chi connectivity index (χ3n) is 4.36. The van der Waals surface area contributed by atoms with Crippen LogP contribution in [0.25, 0.3) is 0 Å². The summed E-state index contributed by atoms with van der Waals surface area (Å²) in [6.45, 7) is 4.65. The molecule has 1 aromatic heterocycles. The molecule has 0 unspecified atom stereocenters. The molecule has 2 aromatic rings. The molecular weight excluding hydrogens is 316 g/mol. The standard InChI is InChI=1S/C18H24N6O/c1-14(25)23-8-10-24(11-9-23)18-12-17(19-13-20-18)21-15-4-6-16(7-5-15)22(2)3/h4-7,12-13H,8-11H2,1-3H3,(H,19,20,21). The van der Waals surface area contributed by atoms with Gasteiger partial charge in [0.25, 0.3) is 0 Å². The number of aromatic nitrogens is 2. The van der Waals surface area contributed by atoms with Crippen LogP contribution < -0.4 is 15.1 Å². The Balaban J connectivity index is 1.66. The maximum Gasteiger partial charge on any atom is 0.219 e. The third kappa shape index (κ3) is 4.17. The fraction of sp³-hybridized carbons (Fsp3) is 0.389. The van der Waals surface area contributed by atoms with E-state index in [1.807, 2.05) is 37.2 Å². The molecule has 1 saturated heterocycles. The summed E-state index contributed by atoms with van der Waals surface area (Å²) in [5.41, 5.74) is 2.13. The van der Waals surface area contributed by atoms with Crippen molar-refractivity contribution in [2.24, 2.45) is 0 Å². The van der Waals surface area contributed by atoms with Crippen LogP contribution >= 0.6 is 0 Å². The maximum atomic E-state index is 11.4. The lowest BCUT2D eigenvalue weighted by Crippen LogP contribution is -2.48. The number of anilines is 4. The van der Waals surface area contributed by atoms with Crippen LogP contribution in [0.3, 0.4) is 0 Å². The number of hydrogen-bond acceptors (Lipinski definition) is 6. The number of hydrogen-bond donors (Lipinski definition) is 1. The number of nitrogens with one attached hydrogen (secondary N) is 1. The highest BCUT2D eigenvalue weighted by molar-refractivity contribution is 5.73. The van der Waals surface area contributed by atoms with E-state index in [4.69, 9.17) is 0 Å². The van der Waals surface area contributed by atoms with E-state index in [1.165, 1.54) is 0 Å². The number of amides is 1. The van der Waals surface area contributed by atoms with E-state index in [0.717, 1.165) is 49.2 Å². The zero-order valence-electron chi connectivity index (χ0n) is 14.9. The van der Waals surface area contributed by atoms with Crippen LogP contribution in [0.1, 0.15) is 6.92 Å². The molecule has 1 aliphatic heterocycles. The molecule has 0 aliphatic carbocycles. The first kappa shape index (κ1) is 17.0. The molecule has 3 rings (SSSR count). The predicted molar refractivity (Wildman–Crippen MR) is 101 cm³/mol. The van der Waals surface area contributed by atoms with Crippen molar-refractivity contribution in [2.45, 2.75) is 6.92 Å². The molecule has 1 aromatic carbocycles. The Hall–Kier alpha value is -2.83. The van der Waals surface area contributed by atoms with Crippen LogP contribution in [0.2, 0.25) is 0 Å². The van der Waals surface area contributed by atoms with Gasteiger partial charge in [0.05, 0.1) is 0 Å². The monoisotopic (exact) mass is 340 g/mol. The van der Waals surface area contributed by atoms with Gasteiger partial charge >= 0.3 is 0 Å². The molecule has 0 saturated carbocycles. The average molecular weight is 340 g/mol. The van der Waals surface area contributed by atoms with E-state index in [2.05, 4.69) is 37.2 Å². The molecule has 1 amide bonds. The third-order valence-corrected chi connectivity index (χ3v) is 4.36. The SMILES string of the molecule is CC(=O)N1CCN(c2cc(Nc3ccc(N(C)C)cc3)ncn2)CC1. The van der Waals surface area contributed by atoms with Gasteiger partial charge in [0.15, 0.2) is 0 Å². The van der Waals surface area contributed by atoms with Crippen molar-refractivity contribution in [2.75, 3.05) is 55.4 Å². The zero-order valence-corrected chi connectivity index (χ0v) is 14.9. The second-order valence-corrected chi connectivity index (χ2v) is 6.32. The highest BCUT2D eigenvalue weighted by Gasteiger charge is 2.19. The highest BCUT2D eigenvalue weighted by Crippen LogP contribution is 2.21. The Morgan fingerprint density at radius 3 is 2.36 bits per heavy atom. The maximum absolute atomic E-state index is 11.4. The zero-order chi connectivity index (χ0) is 17.8. The molecule has 25 heavy (non-hydrogen) atoms. The average Bonchev–Trinajstić information content (AvgIpc) is 2.62. The van der Waals surface area contributed by atoms with Crippen LogP contribution in [0.4, 0.5) is 23.0 Å². The summed E-state index contributed by atoms with van der Waals surface area (Å²) in [6, 6.07) is 10.1. The van der Waals surface area contributed by atoms with Crippen molar-refractivity contribution in [1.29, 1.82) is 0 Å². The highest BCUT2D eigenvalue weighted by atomic mass is 16.2. The first-order valence-electron chi connectivity index (χ1n) is 8.40. The lowest BCUT2D eigenvalue weighted by Gasteiger charge is -2.34. The van der Waals surface area contributed by atoms with Crippen molar-refractivity contribution < 1.29 is 4.79 Å². The first-order valence-corrected chi connectivity index (χ1v) is 8.40. The first-order chi connectivity index (χ1) is 12.0. The van der Waals surface area contributed by atoms with E-state index < -0.39 is 0 Å². The second-order valence-electron chi connectivity index (χ2n) is 6.32. The van der Waals surface area contributed by atoms with Crippen LogP contribution in [-0.2, 0) is 4.79 Å². The Morgan fingerprint density at radius 1 is 1.08 bits per heavy atom. The van der Waals surface area contributed by atoms with Gasteiger partial charge in [0.1, 0.15) is 18.0 Å². The topological polar surface area (TPSA) is 64.6 Å². The Morgan fingerprint density at radius 2 is 1.76 bits per heavy atom. The van der Waals surface area contributed by atoms with Gasteiger partial charge in [0.2, 0.25) is 5.91 Å². The molecular formula is C18H24N6O. The van der Waals surface area contributed by atoms with Gasteiger partial charge in [-0.25, -0.2) is 9.97 Å². The van der Waals surface area contributed by atoms with Gasteiger partial charge in [-0.3, -0.25) is 4.79 Å². The van der Waals surface area contributed by atoms with Crippen molar-refractivity contribution >= 4 is 28.9 Å². The van der Waals surface area contributed by atoms with Gasteiger partial charge in [-0.1, -0.05) is 0 Å². The van der Waals surface area contributed by atoms with Gasteiger partial charge in [-0.05, 0) is 24.3 Å². The molecule has 0 spiro atoms. The number of rotatable bonds is 4. The number of piperazine rings is 1. The fourth-order valence-corrected chi connectivity index (χ4v) is 2.83. The van der Waals surface area contributed by atoms with Crippen molar-refractivity contribution in [3.8, 4) is 0 Å². The Labute approximate surface area is 148 Å². The summed E-state index contributed by atoms with van der Waals surface area (Å²) in [5, 5.41) is 3.32. The van der Waals surface area contributed by atoms with Gasteiger partial charge < -0.3 is 20.0 Å². The summed E-state index contributed by atoms with van der Waals surface area (Å²) in [4.78, 5) is 26.2. The molecule has 132 valence electrons. The molecule has 1 fully saturated rings. The summed E-state index contributed by atoms with van der Waals surface area (Å²) < 4.78 is 0. The van der Waals surface area contributed by atoms with Gasteiger partial charge in [-0.2, -0.15) is 0 Å². The molecule has 0 bridgehead atoms. The van der Waals surface area contributed by atoms with E-state index in [9.17, 15) is 4.79 Å². The van der Waals surface area contributed by atoms with Crippen molar-refractivity contribution in [3.63, 3.8) is 0 Å². The normalized spacial score (nSPS) is 14.4. The van der Waals surface area contributed by atoms with Crippen molar-refractivity contribution in [1.82, 2.24) is 14.9 Å². The summed E-state index contributed by atoms with van der Waals surface area (Å²) >= 11 is 0. The van der Waals surface area contributed by atoms with E-state index >= 15 is 0 Å². The number of benzene rings is 1. The van der Waals surface area contributed by atoms with Crippen LogP contribution in [0.15, 0.2) is 36.7 Å². The van der Waals surface area contributed by atoms with E-state index in [0.29, 0.717) is 0 Å². The quantitative estimate of drug-likeness (QED) is 0.918. The Kier molecular flexibility index (Phi) is 5.02. The lowest BCUT2D eigenvalue weighted by atomic mass is 10.2. The minimum atomic E-state index is 0.130. The molecule has 2 heterocycles. The fourth-order valence-electron chi connectivity index (χ4n) is 2.83. The number of carbonyl (C=O) groups is 1. The Bertz CT molecular complexity index is 723. The number of carbonyl (C=O) groups excluding carboxylic acids is 1. The molecule has 0 atom stereocenters. The molecule has 1 aliphatic rings. The smallest absolute Gasteiger partial charge is 0.219 e. The van der Waals surface area contributed by atoms with E-state index in [-0.39, 0.29) is 5.91 Å².